The average Bonchev–Trinajstić information content (AvgIpc) is 3.34. The minimum absolute atomic E-state index is 0.144. The number of piperidine rings is 1. The largest absolute Gasteiger partial charge is 0.452 e. The summed E-state index contributed by atoms with van der Waals surface area (Å²) in [6.07, 6.45) is 3.08. The molecule has 2 unspecified atom stereocenters. The Morgan fingerprint density at radius 2 is 2.00 bits per heavy atom. The highest BCUT2D eigenvalue weighted by Crippen LogP contribution is 2.30. The second-order valence-electron chi connectivity index (χ2n) is 7.95. The molecule has 158 valence electrons. The topological polar surface area (TPSA) is 77.3 Å². The molecular weight excluding hydrogens is 400 g/mol. The van der Waals surface area contributed by atoms with Crippen LogP contribution in [0, 0.1) is 6.92 Å². The quantitative estimate of drug-likeness (QED) is 0.591. The third-order valence-corrected chi connectivity index (χ3v) is 6.66. The standard InChI is InChI=1S/C22H26N4O3S/c1-13-7-5-8-14(2)26(13)19(27)12-29-22(28)16-11-17(18-9-6-10-30-18)23-21-20(16)15(3)24-25(21)4/h6,9-11,13-14H,5,7-8,12H2,1-4H3. The molecule has 0 bridgehead atoms. The molecule has 1 amide bonds. The molecule has 0 radical (unpaired) electrons. The van der Waals surface area contributed by atoms with Crippen molar-refractivity contribution in [2.24, 2.45) is 7.05 Å². The molecule has 0 spiro atoms. The summed E-state index contributed by atoms with van der Waals surface area (Å²) in [7, 11) is 1.80. The van der Waals surface area contributed by atoms with Crippen LogP contribution in [0.4, 0.5) is 0 Å². The van der Waals surface area contributed by atoms with Crippen LogP contribution in [-0.4, -0.2) is 50.2 Å². The van der Waals surface area contributed by atoms with Crippen LogP contribution in [0.1, 0.15) is 49.2 Å². The number of ether oxygens (including phenoxy) is 1. The summed E-state index contributed by atoms with van der Waals surface area (Å²) in [4.78, 5) is 33.3. The highest BCUT2D eigenvalue weighted by Gasteiger charge is 2.30. The zero-order valence-electron chi connectivity index (χ0n) is 17.7. The Labute approximate surface area is 179 Å². The maximum Gasteiger partial charge on any atom is 0.339 e. The zero-order valence-corrected chi connectivity index (χ0v) is 18.5. The summed E-state index contributed by atoms with van der Waals surface area (Å²) >= 11 is 1.55. The van der Waals surface area contributed by atoms with Crippen molar-refractivity contribution in [1.82, 2.24) is 19.7 Å². The van der Waals surface area contributed by atoms with E-state index in [4.69, 9.17) is 9.72 Å². The van der Waals surface area contributed by atoms with E-state index in [9.17, 15) is 9.59 Å². The highest BCUT2D eigenvalue weighted by molar-refractivity contribution is 7.13. The number of thiophene rings is 1. The predicted octanol–water partition coefficient (Wildman–Crippen LogP) is 3.95. The van der Waals surface area contributed by atoms with Crippen LogP contribution in [0.3, 0.4) is 0 Å². The number of esters is 1. The molecule has 4 rings (SSSR count). The van der Waals surface area contributed by atoms with E-state index in [0.717, 1.165) is 24.1 Å². The van der Waals surface area contributed by atoms with Gasteiger partial charge in [-0.1, -0.05) is 6.07 Å². The number of nitrogens with zero attached hydrogens (tertiary/aromatic N) is 4. The van der Waals surface area contributed by atoms with Gasteiger partial charge in [-0.3, -0.25) is 9.48 Å². The monoisotopic (exact) mass is 426 g/mol. The minimum Gasteiger partial charge on any atom is -0.452 e. The van der Waals surface area contributed by atoms with E-state index in [1.54, 1.807) is 29.1 Å². The van der Waals surface area contributed by atoms with E-state index in [-0.39, 0.29) is 24.6 Å². The number of aryl methyl sites for hydroxylation is 2. The number of carbonyl (C=O) groups is 2. The fraction of sp³-hybridized carbons (Fsp3) is 0.455. The number of aromatic nitrogens is 3. The van der Waals surface area contributed by atoms with Gasteiger partial charge in [0.15, 0.2) is 12.3 Å². The molecule has 0 aromatic carbocycles. The predicted molar refractivity (Wildman–Crippen MR) is 116 cm³/mol. The first-order valence-electron chi connectivity index (χ1n) is 10.2. The van der Waals surface area contributed by atoms with Gasteiger partial charge in [0.05, 0.1) is 27.2 Å². The Morgan fingerprint density at radius 3 is 2.67 bits per heavy atom. The van der Waals surface area contributed by atoms with E-state index >= 15 is 0 Å². The molecule has 0 saturated carbocycles. The van der Waals surface area contributed by atoms with Crippen molar-refractivity contribution in [3.63, 3.8) is 0 Å². The van der Waals surface area contributed by atoms with Gasteiger partial charge in [-0.15, -0.1) is 11.3 Å². The Balaban J connectivity index is 1.62. The van der Waals surface area contributed by atoms with Crippen molar-refractivity contribution in [1.29, 1.82) is 0 Å². The van der Waals surface area contributed by atoms with Gasteiger partial charge in [-0.05, 0) is 57.5 Å². The molecule has 30 heavy (non-hydrogen) atoms. The molecule has 1 saturated heterocycles. The van der Waals surface area contributed by atoms with Crippen molar-refractivity contribution in [3.05, 3.63) is 34.8 Å². The van der Waals surface area contributed by atoms with Crippen LogP contribution in [0.25, 0.3) is 21.6 Å². The van der Waals surface area contributed by atoms with Crippen molar-refractivity contribution in [3.8, 4) is 10.6 Å². The van der Waals surface area contributed by atoms with E-state index in [2.05, 4.69) is 5.10 Å². The maximum absolute atomic E-state index is 13.0. The number of amides is 1. The lowest BCUT2D eigenvalue weighted by Crippen LogP contribution is -2.49. The summed E-state index contributed by atoms with van der Waals surface area (Å²) in [6, 6.07) is 5.97. The van der Waals surface area contributed by atoms with Crippen LogP contribution in [0.5, 0.6) is 0 Å². The summed E-state index contributed by atoms with van der Waals surface area (Å²) in [6.45, 7) is 5.68. The van der Waals surface area contributed by atoms with Gasteiger partial charge in [-0.25, -0.2) is 9.78 Å². The lowest BCUT2D eigenvalue weighted by atomic mass is 9.97. The molecule has 0 N–H and O–H groups in total. The van der Waals surface area contributed by atoms with Gasteiger partial charge >= 0.3 is 5.97 Å². The van der Waals surface area contributed by atoms with E-state index in [1.807, 2.05) is 43.2 Å². The number of hydrogen-bond donors (Lipinski definition) is 0. The van der Waals surface area contributed by atoms with Gasteiger partial charge < -0.3 is 9.64 Å². The van der Waals surface area contributed by atoms with E-state index in [0.29, 0.717) is 28.0 Å². The lowest BCUT2D eigenvalue weighted by molar-refractivity contribution is -0.140. The molecule has 0 aliphatic carbocycles. The maximum atomic E-state index is 13.0. The first kappa shape index (κ1) is 20.5. The molecule has 8 heteroatoms. The fourth-order valence-corrected chi connectivity index (χ4v) is 5.04. The third kappa shape index (κ3) is 3.71. The first-order valence-corrected chi connectivity index (χ1v) is 11.1. The van der Waals surface area contributed by atoms with Crippen molar-refractivity contribution in [2.45, 2.75) is 52.1 Å². The summed E-state index contributed by atoms with van der Waals surface area (Å²) in [5.41, 5.74) is 2.41. The van der Waals surface area contributed by atoms with Crippen molar-refractivity contribution < 1.29 is 14.3 Å². The molecule has 4 heterocycles. The molecule has 7 nitrogen and oxygen atoms in total. The lowest BCUT2D eigenvalue weighted by Gasteiger charge is -2.38. The van der Waals surface area contributed by atoms with Crippen molar-refractivity contribution in [2.75, 3.05) is 6.61 Å². The second kappa shape index (κ2) is 8.18. The Morgan fingerprint density at radius 1 is 1.27 bits per heavy atom. The summed E-state index contributed by atoms with van der Waals surface area (Å²) in [5, 5.41) is 7.05. The van der Waals surface area contributed by atoms with Gasteiger partial charge in [0.2, 0.25) is 0 Å². The molecular formula is C22H26N4O3S. The molecule has 1 aliphatic heterocycles. The Bertz CT molecular complexity index is 1080. The molecule has 1 aliphatic rings. The molecule has 2 atom stereocenters. The number of fused-ring (bicyclic) bond motifs is 1. The van der Waals surface area contributed by atoms with Gasteiger partial charge in [0.25, 0.3) is 5.91 Å². The normalized spacial score (nSPS) is 19.3. The van der Waals surface area contributed by atoms with Gasteiger partial charge in [0, 0.05) is 19.1 Å². The average molecular weight is 427 g/mol. The molecule has 3 aromatic heterocycles. The fourth-order valence-electron chi connectivity index (χ4n) is 4.35. The number of carbonyl (C=O) groups excluding carboxylic acids is 2. The van der Waals surface area contributed by atoms with Crippen LogP contribution < -0.4 is 0 Å². The summed E-state index contributed by atoms with van der Waals surface area (Å²) in [5.74, 6) is -0.670. The van der Waals surface area contributed by atoms with Gasteiger partial charge in [-0.2, -0.15) is 5.10 Å². The molecule has 1 fully saturated rings. The molecule has 3 aromatic rings. The number of pyridine rings is 1. The number of likely N-dealkylation sites (tertiary alicyclic amines) is 1. The van der Waals surface area contributed by atoms with E-state index < -0.39 is 5.97 Å². The SMILES string of the molecule is Cc1nn(C)c2nc(-c3cccs3)cc(C(=O)OCC(=O)N3C(C)CCCC3C)c12. The minimum atomic E-state index is -0.526. The number of hydrogen-bond acceptors (Lipinski definition) is 6. The van der Waals surface area contributed by atoms with E-state index in [1.165, 1.54) is 0 Å². The van der Waals surface area contributed by atoms with Crippen LogP contribution in [0.15, 0.2) is 23.6 Å². The first-order chi connectivity index (χ1) is 14.4. The Kier molecular flexibility index (Phi) is 5.60. The smallest absolute Gasteiger partial charge is 0.339 e. The number of rotatable bonds is 4. The zero-order chi connectivity index (χ0) is 21.4. The van der Waals surface area contributed by atoms with Crippen molar-refractivity contribution >= 4 is 34.2 Å². The summed E-state index contributed by atoms with van der Waals surface area (Å²) < 4.78 is 7.16. The van der Waals surface area contributed by atoms with Crippen LogP contribution in [0.2, 0.25) is 0 Å². The third-order valence-electron chi connectivity index (χ3n) is 5.77. The second-order valence-corrected chi connectivity index (χ2v) is 8.89. The van der Waals surface area contributed by atoms with Crippen LogP contribution in [-0.2, 0) is 16.6 Å². The van der Waals surface area contributed by atoms with Crippen LogP contribution >= 0.6 is 11.3 Å². The Hall–Kier alpha value is -2.74. The highest BCUT2D eigenvalue weighted by atomic mass is 32.1. The van der Waals surface area contributed by atoms with Gasteiger partial charge in [0.1, 0.15) is 0 Å².